The van der Waals surface area contributed by atoms with Crippen LogP contribution in [-0.2, 0) is 6.42 Å². The number of hydrogen-bond donors (Lipinski definition) is 1. The number of hydrogen-bond acceptors (Lipinski definition) is 4. The first-order valence-electron chi connectivity index (χ1n) is 7.61. The van der Waals surface area contributed by atoms with E-state index in [4.69, 9.17) is 4.42 Å². The third-order valence-corrected chi connectivity index (χ3v) is 3.48. The summed E-state index contributed by atoms with van der Waals surface area (Å²) < 4.78 is 5.83. The van der Waals surface area contributed by atoms with Crippen molar-refractivity contribution in [2.24, 2.45) is 0 Å². The molecule has 114 valence electrons. The van der Waals surface area contributed by atoms with E-state index in [-0.39, 0.29) is 0 Å². The zero-order valence-corrected chi connectivity index (χ0v) is 13.7. The Morgan fingerprint density at radius 2 is 1.76 bits per heavy atom. The molecule has 1 N–H and O–H groups in total. The van der Waals surface area contributed by atoms with Gasteiger partial charge in [0.15, 0.2) is 0 Å². The molecule has 21 heavy (non-hydrogen) atoms. The molecule has 0 aliphatic rings. The van der Waals surface area contributed by atoms with Gasteiger partial charge in [0.05, 0.1) is 0 Å². The predicted octanol–water partition coefficient (Wildman–Crippen LogP) is 3.59. The Hall–Kier alpha value is -1.68. The van der Waals surface area contributed by atoms with Gasteiger partial charge < -0.3 is 9.73 Å². The molecule has 0 atom stereocenters. The average Bonchev–Trinajstić information content (AvgIpc) is 2.81. The SMILES string of the molecule is Cc1cc(C)c(-c2nnc(CCCNC(C)C)o2)c(C)c1. The molecule has 1 aromatic carbocycles. The molecule has 0 radical (unpaired) electrons. The van der Waals surface area contributed by atoms with Crippen LogP contribution >= 0.6 is 0 Å². The van der Waals surface area contributed by atoms with E-state index in [9.17, 15) is 0 Å². The molecule has 2 aromatic rings. The number of nitrogens with zero attached hydrogens (tertiary/aromatic N) is 2. The van der Waals surface area contributed by atoms with Crippen LogP contribution in [0.15, 0.2) is 16.5 Å². The number of aromatic nitrogens is 2. The second-order valence-corrected chi connectivity index (χ2v) is 5.99. The third-order valence-electron chi connectivity index (χ3n) is 3.48. The lowest BCUT2D eigenvalue weighted by Gasteiger charge is -2.07. The highest BCUT2D eigenvalue weighted by molar-refractivity contribution is 5.63. The summed E-state index contributed by atoms with van der Waals surface area (Å²) in [4.78, 5) is 0. The topological polar surface area (TPSA) is 51.0 Å². The van der Waals surface area contributed by atoms with Gasteiger partial charge in [0, 0.05) is 18.0 Å². The minimum absolute atomic E-state index is 0.515. The van der Waals surface area contributed by atoms with Gasteiger partial charge in [-0.1, -0.05) is 31.5 Å². The van der Waals surface area contributed by atoms with Gasteiger partial charge in [-0.25, -0.2) is 0 Å². The number of benzene rings is 1. The van der Waals surface area contributed by atoms with Crippen molar-refractivity contribution in [3.8, 4) is 11.5 Å². The summed E-state index contributed by atoms with van der Waals surface area (Å²) >= 11 is 0. The Bertz CT molecular complexity index is 579. The fourth-order valence-corrected chi connectivity index (χ4v) is 2.60. The van der Waals surface area contributed by atoms with Crippen LogP contribution in [0.25, 0.3) is 11.5 Å². The quantitative estimate of drug-likeness (QED) is 0.825. The second-order valence-electron chi connectivity index (χ2n) is 5.99. The van der Waals surface area contributed by atoms with E-state index in [1.54, 1.807) is 0 Å². The van der Waals surface area contributed by atoms with Crippen LogP contribution in [-0.4, -0.2) is 22.8 Å². The number of aryl methyl sites for hydroxylation is 4. The molecule has 0 aliphatic carbocycles. The Kier molecular flexibility index (Phi) is 5.12. The van der Waals surface area contributed by atoms with Crippen molar-refractivity contribution in [2.45, 2.75) is 53.5 Å². The first-order valence-corrected chi connectivity index (χ1v) is 7.61. The van der Waals surface area contributed by atoms with Crippen LogP contribution in [0, 0.1) is 20.8 Å². The van der Waals surface area contributed by atoms with Gasteiger partial charge >= 0.3 is 0 Å². The molecule has 4 heteroatoms. The van der Waals surface area contributed by atoms with Crippen molar-refractivity contribution in [2.75, 3.05) is 6.54 Å². The standard InChI is InChI=1S/C17H25N3O/c1-11(2)18-8-6-7-15-19-20-17(21-15)16-13(4)9-12(3)10-14(16)5/h9-11,18H,6-8H2,1-5H3. The van der Waals surface area contributed by atoms with E-state index < -0.39 is 0 Å². The summed E-state index contributed by atoms with van der Waals surface area (Å²) in [5, 5.41) is 11.8. The van der Waals surface area contributed by atoms with Crippen molar-refractivity contribution in [1.82, 2.24) is 15.5 Å². The average molecular weight is 287 g/mol. The highest BCUT2D eigenvalue weighted by atomic mass is 16.4. The number of nitrogens with one attached hydrogen (secondary N) is 1. The summed E-state index contributed by atoms with van der Waals surface area (Å²) in [7, 11) is 0. The van der Waals surface area contributed by atoms with Crippen LogP contribution in [0.5, 0.6) is 0 Å². The first-order chi connectivity index (χ1) is 9.97. The lowest BCUT2D eigenvalue weighted by atomic mass is 10.00. The molecular formula is C17H25N3O. The van der Waals surface area contributed by atoms with E-state index in [0.717, 1.165) is 30.8 Å². The maximum atomic E-state index is 5.83. The predicted molar refractivity (Wildman–Crippen MR) is 85.4 cm³/mol. The van der Waals surface area contributed by atoms with Crippen molar-refractivity contribution < 1.29 is 4.42 Å². The summed E-state index contributed by atoms with van der Waals surface area (Å²) in [5.41, 5.74) is 4.70. The van der Waals surface area contributed by atoms with Crippen LogP contribution in [0.1, 0.15) is 42.8 Å². The highest BCUT2D eigenvalue weighted by Crippen LogP contribution is 2.27. The van der Waals surface area contributed by atoms with E-state index in [1.807, 2.05) is 0 Å². The highest BCUT2D eigenvalue weighted by Gasteiger charge is 2.13. The van der Waals surface area contributed by atoms with E-state index in [2.05, 4.69) is 62.3 Å². The minimum atomic E-state index is 0.515. The zero-order valence-electron chi connectivity index (χ0n) is 13.7. The molecule has 0 saturated heterocycles. The van der Waals surface area contributed by atoms with Crippen LogP contribution in [0.4, 0.5) is 0 Å². The smallest absolute Gasteiger partial charge is 0.248 e. The van der Waals surface area contributed by atoms with Gasteiger partial charge in [-0.2, -0.15) is 0 Å². The lowest BCUT2D eigenvalue weighted by Crippen LogP contribution is -2.23. The molecule has 0 unspecified atom stereocenters. The Balaban J connectivity index is 2.06. The Morgan fingerprint density at radius 3 is 2.38 bits per heavy atom. The maximum Gasteiger partial charge on any atom is 0.248 e. The van der Waals surface area contributed by atoms with Crippen molar-refractivity contribution >= 4 is 0 Å². The number of rotatable bonds is 6. The maximum absolute atomic E-state index is 5.83. The van der Waals surface area contributed by atoms with Crippen molar-refractivity contribution in [3.05, 3.63) is 34.7 Å². The van der Waals surface area contributed by atoms with E-state index in [1.165, 1.54) is 16.7 Å². The summed E-state index contributed by atoms with van der Waals surface area (Å²) in [6, 6.07) is 4.82. The molecule has 0 aliphatic heterocycles. The van der Waals surface area contributed by atoms with E-state index in [0.29, 0.717) is 11.9 Å². The molecular weight excluding hydrogens is 262 g/mol. The summed E-state index contributed by atoms with van der Waals surface area (Å²) in [6.07, 6.45) is 1.82. The summed E-state index contributed by atoms with van der Waals surface area (Å²) in [6.45, 7) is 11.5. The van der Waals surface area contributed by atoms with Crippen molar-refractivity contribution in [3.63, 3.8) is 0 Å². The molecule has 1 heterocycles. The zero-order chi connectivity index (χ0) is 15.4. The van der Waals surface area contributed by atoms with Crippen LogP contribution < -0.4 is 5.32 Å². The lowest BCUT2D eigenvalue weighted by molar-refractivity contribution is 0.483. The second kappa shape index (κ2) is 6.85. The van der Waals surface area contributed by atoms with Gasteiger partial charge in [0.25, 0.3) is 0 Å². The fraction of sp³-hybridized carbons (Fsp3) is 0.529. The third kappa shape index (κ3) is 4.14. The van der Waals surface area contributed by atoms with Crippen LogP contribution in [0.2, 0.25) is 0 Å². The van der Waals surface area contributed by atoms with Gasteiger partial charge in [-0.15, -0.1) is 10.2 Å². The van der Waals surface area contributed by atoms with Gasteiger partial charge in [-0.05, 0) is 44.9 Å². The fourth-order valence-electron chi connectivity index (χ4n) is 2.60. The summed E-state index contributed by atoms with van der Waals surface area (Å²) in [5.74, 6) is 1.35. The molecule has 4 nitrogen and oxygen atoms in total. The van der Waals surface area contributed by atoms with E-state index >= 15 is 0 Å². The molecule has 1 aromatic heterocycles. The molecule has 0 bridgehead atoms. The van der Waals surface area contributed by atoms with Crippen LogP contribution in [0.3, 0.4) is 0 Å². The van der Waals surface area contributed by atoms with Gasteiger partial charge in [0.2, 0.25) is 11.8 Å². The molecule has 2 rings (SSSR count). The monoisotopic (exact) mass is 287 g/mol. The normalized spacial score (nSPS) is 11.3. The molecule has 0 saturated carbocycles. The van der Waals surface area contributed by atoms with Gasteiger partial charge in [0.1, 0.15) is 0 Å². The van der Waals surface area contributed by atoms with Gasteiger partial charge in [-0.3, -0.25) is 0 Å². The molecule has 0 fully saturated rings. The minimum Gasteiger partial charge on any atom is -0.421 e. The molecule has 0 spiro atoms. The Morgan fingerprint density at radius 1 is 1.10 bits per heavy atom. The molecule has 0 amide bonds. The Labute approximate surface area is 127 Å². The largest absolute Gasteiger partial charge is 0.421 e. The first kappa shape index (κ1) is 15.7. The van der Waals surface area contributed by atoms with Crippen molar-refractivity contribution in [1.29, 1.82) is 0 Å².